The summed E-state index contributed by atoms with van der Waals surface area (Å²) in [5, 5.41) is 0.839. The molecule has 0 unspecified atom stereocenters. The first kappa shape index (κ1) is 12.0. The van der Waals surface area contributed by atoms with Gasteiger partial charge in [-0.2, -0.15) is 0 Å². The molecule has 1 heterocycles. The Labute approximate surface area is 118 Å². The molecule has 0 saturated heterocycles. The SMILES string of the molecule is CSc1nc(N)cc(C23CC4CC(CC(C4)C2)C3)n1. The first-order valence-corrected chi connectivity index (χ1v) is 8.58. The summed E-state index contributed by atoms with van der Waals surface area (Å²) in [5.41, 5.74) is 7.56. The van der Waals surface area contributed by atoms with E-state index in [9.17, 15) is 0 Å². The second kappa shape index (κ2) is 4.11. The van der Waals surface area contributed by atoms with Crippen molar-refractivity contribution in [3.05, 3.63) is 11.8 Å². The molecule has 4 fully saturated rings. The number of hydrogen-bond donors (Lipinski definition) is 1. The third kappa shape index (κ3) is 1.87. The summed E-state index contributed by atoms with van der Waals surface area (Å²) in [6.07, 6.45) is 10.4. The average Bonchev–Trinajstić information content (AvgIpc) is 2.36. The molecule has 1 aromatic heterocycles. The molecule has 0 spiro atoms. The summed E-state index contributed by atoms with van der Waals surface area (Å²) in [4.78, 5) is 9.12. The van der Waals surface area contributed by atoms with Crippen LogP contribution in [0.15, 0.2) is 11.2 Å². The molecular formula is C15H21N3S. The Balaban J connectivity index is 1.77. The van der Waals surface area contributed by atoms with Crippen LogP contribution in [0.1, 0.15) is 44.2 Å². The second-order valence-corrected chi connectivity index (χ2v) is 7.64. The zero-order chi connectivity index (χ0) is 13.0. The number of nitrogens with zero attached hydrogens (tertiary/aromatic N) is 2. The second-order valence-electron chi connectivity index (χ2n) is 6.86. The van der Waals surface area contributed by atoms with Gasteiger partial charge >= 0.3 is 0 Å². The lowest BCUT2D eigenvalue weighted by Gasteiger charge is -2.56. The fourth-order valence-electron chi connectivity index (χ4n) is 5.23. The Bertz CT molecular complexity index is 479. The van der Waals surface area contributed by atoms with Gasteiger partial charge in [0.2, 0.25) is 0 Å². The predicted molar refractivity (Wildman–Crippen MR) is 78.1 cm³/mol. The fraction of sp³-hybridized carbons (Fsp3) is 0.733. The smallest absolute Gasteiger partial charge is 0.189 e. The quantitative estimate of drug-likeness (QED) is 0.665. The fourth-order valence-corrected chi connectivity index (χ4v) is 5.62. The van der Waals surface area contributed by atoms with E-state index in [1.807, 2.05) is 12.3 Å². The van der Waals surface area contributed by atoms with Crippen molar-refractivity contribution in [3.8, 4) is 0 Å². The van der Waals surface area contributed by atoms with Crippen molar-refractivity contribution in [2.75, 3.05) is 12.0 Å². The molecule has 4 bridgehead atoms. The van der Waals surface area contributed by atoms with Crippen LogP contribution < -0.4 is 5.73 Å². The average molecular weight is 275 g/mol. The van der Waals surface area contributed by atoms with Gasteiger partial charge in [0.1, 0.15) is 5.82 Å². The minimum Gasteiger partial charge on any atom is -0.384 e. The van der Waals surface area contributed by atoms with Crippen LogP contribution in [-0.2, 0) is 5.41 Å². The molecule has 2 N–H and O–H groups in total. The summed E-state index contributed by atoms with van der Waals surface area (Å²) in [7, 11) is 0. The van der Waals surface area contributed by atoms with Crippen molar-refractivity contribution in [2.24, 2.45) is 17.8 Å². The first-order chi connectivity index (χ1) is 9.17. The van der Waals surface area contributed by atoms with E-state index in [1.54, 1.807) is 11.8 Å². The maximum absolute atomic E-state index is 5.99. The van der Waals surface area contributed by atoms with Crippen molar-refractivity contribution >= 4 is 17.6 Å². The number of rotatable bonds is 2. The largest absolute Gasteiger partial charge is 0.384 e. The highest BCUT2D eigenvalue weighted by Crippen LogP contribution is 2.60. The van der Waals surface area contributed by atoms with Gasteiger partial charge < -0.3 is 5.73 Å². The standard InChI is InChI=1S/C15H21N3S/c1-19-14-17-12(5-13(16)18-14)15-6-9-2-10(7-15)4-11(3-9)8-15/h5,9-11H,2-4,6-8H2,1H3,(H2,16,17,18). The van der Waals surface area contributed by atoms with Crippen LogP contribution in [0.25, 0.3) is 0 Å². The zero-order valence-corrected chi connectivity index (χ0v) is 12.2. The van der Waals surface area contributed by atoms with Crippen LogP contribution in [0.3, 0.4) is 0 Å². The van der Waals surface area contributed by atoms with Gasteiger partial charge in [-0.25, -0.2) is 9.97 Å². The zero-order valence-electron chi connectivity index (χ0n) is 11.4. The molecular weight excluding hydrogens is 254 g/mol. The van der Waals surface area contributed by atoms with Crippen LogP contribution in [0.4, 0.5) is 5.82 Å². The summed E-state index contributed by atoms with van der Waals surface area (Å²) in [5.74, 6) is 3.48. The van der Waals surface area contributed by atoms with E-state index >= 15 is 0 Å². The third-order valence-electron chi connectivity index (χ3n) is 5.49. The number of nitrogens with two attached hydrogens (primary N) is 1. The van der Waals surface area contributed by atoms with E-state index < -0.39 is 0 Å². The van der Waals surface area contributed by atoms with Gasteiger partial charge in [0.25, 0.3) is 0 Å². The Morgan fingerprint density at radius 2 is 1.68 bits per heavy atom. The molecule has 19 heavy (non-hydrogen) atoms. The van der Waals surface area contributed by atoms with Crippen molar-refractivity contribution in [2.45, 2.75) is 49.1 Å². The Kier molecular flexibility index (Phi) is 2.60. The maximum Gasteiger partial charge on any atom is 0.189 e. The summed E-state index contributed by atoms with van der Waals surface area (Å²) in [6.45, 7) is 0. The predicted octanol–water partition coefficient (Wildman–Crippen LogP) is 3.25. The van der Waals surface area contributed by atoms with Gasteiger partial charge in [-0.3, -0.25) is 0 Å². The van der Waals surface area contributed by atoms with E-state index in [0.29, 0.717) is 11.2 Å². The highest BCUT2D eigenvalue weighted by Gasteiger charge is 2.52. The molecule has 5 rings (SSSR count). The molecule has 102 valence electrons. The molecule has 4 aliphatic rings. The lowest BCUT2D eigenvalue weighted by Crippen LogP contribution is -2.49. The molecule has 0 atom stereocenters. The highest BCUT2D eigenvalue weighted by atomic mass is 32.2. The van der Waals surface area contributed by atoms with E-state index in [2.05, 4.69) is 4.98 Å². The van der Waals surface area contributed by atoms with Crippen LogP contribution in [0.2, 0.25) is 0 Å². The maximum atomic E-state index is 5.99. The van der Waals surface area contributed by atoms with Gasteiger partial charge in [0.05, 0.1) is 5.69 Å². The molecule has 3 nitrogen and oxygen atoms in total. The van der Waals surface area contributed by atoms with Gasteiger partial charge in [0.15, 0.2) is 5.16 Å². The van der Waals surface area contributed by atoms with Crippen LogP contribution >= 0.6 is 11.8 Å². The Morgan fingerprint density at radius 1 is 1.11 bits per heavy atom. The monoisotopic (exact) mass is 275 g/mol. The van der Waals surface area contributed by atoms with Crippen LogP contribution in [0, 0.1) is 17.8 Å². The number of nitrogen functional groups attached to an aromatic ring is 1. The molecule has 0 radical (unpaired) electrons. The van der Waals surface area contributed by atoms with E-state index in [4.69, 9.17) is 10.7 Å². The van der Waals surface area contributed by atoms with Gasteiger partial charge in [-0.05, 0) is 62.5 Å². The van der Waals surface area contributed by atoms with E-state index in [1.165, 1.54) is 44.2 Å². The molecule has 0 aromatic carbocycles. The van der Waals surface area contributed by atoms with Gasteiger partial charge in [-0.1, -0.05) is 11.8 Å². The minimum atomic E-state index is 0.330. The summed E-state index contributed by atoms with van der Waals surface area (Å²) < 4.78 is 0. The molecule has 4 heteroatoms. The normalized spacial score (nSPS) is 39.7. The lowest BCUT2D eigenvalue weighted by atomic mass is 9.49. The highest BCUT2D eigenvalue weighted by molar-refractivity contribution is 7.98. The number of thioether (sulfide) groups is 1. The Hall–Kier alpha value is -0.770. The molecule has 4 aliphatic carbocycles. The topological polar surface area (TPSA) is 51.8 Å². The molecule has 4 saturated carbocycles. The Morgan fingerprint density at radius 3 is 2.21 bits per heavy atom. The van der Waals surface area contributed by atoms with Crippen molar-refractivity contribution < 1.29 is 0 Å². The van der Waals surface area contributed by atoms with Gasteiger partial charge in [-0.15, -0.1) is 0 Å². The van der Waals surface area contributed by atoms with Crippen LogP contribution in [-0.4, -0.2) is 16.2 Å². The number of hydrogen-bond acceptors (Lipinski definition) is 4. The molecule has 1 aromatic rings. The summed E-state index contributed by atoms with van der Waals surface area (Å²) in [6, 6.07) is 2.05. The van der Waals surface area contributed by atoms with Crippen molar-refractivity contribution in [1.29, 1.82) is 0 Å². The van der Waals surface area contributed by atoms with Crippen molar-refractivity contribution in [3.63, 3.8) is 0 Å². The number of aromatic nitrogens is 2. The van der Waals surface area contributed by atoms with Crippen molar-refractivity contribution in [1.82, 2.24) is 9.97 Å². The van der Waals surface area contributed by atoms with E-state index in [0.717, 1.165) is 22.9 Å². The van der Waals surface area contributed by atoms with E-state index in [-0.39, 0.29) is 0 Å². The lowest BCUT2D eigenvalue weighted by molar-refractivity contribution is -0.00750. The number of anilines is 1. The molecule has 0 aliphatic heterocycles. The first-order valence-electron chi connectivity index (χ1n) is 7.36. The summed E-state index contributed by atoms with van der Waals surface area (Å²) >= 11 is 1.60. The third-order valence-corrected chi connectivity index (χ3v) is 6.04. The molecule has 0 amide bonds. The van der Waals surface area contributed by atoms with Gasteiger partial charge in [0, 0.05) is 11.5 Å². The minimum absolute atomic E-state index is 0.330. The van der Waals surface area contributed by atoms with Crippen LogP contribution in [0.5, 0.6) is 0 Å².